The maximum absolute atomic E-state index is 12.3. The third-order valence-electron chi connectivity index (χ3n) is 3.33. The Morgan fingerprint density at radius 1 is 1.32 bits per heavy atom. The third-order valence-corrected chi connectivity index (χ3v) is 3.82. The molecular weight excluding hydrogens is 342 g/mol. The Kier molecular flexibility index (Phi) is 5.95. The van der Waals surface area contributed by atoms with Gasteiger partial charge < -0.3 is 10.2 Å². The van der Waals surface area contributed by atoms with Gasteiger partial charge in [-0.2, -0.15) is 0 Å². The van der Waals surface area contributed by atoms with Crippen LogP contribution < -0.4 is 10.2 Å². The van der Waals surface area contributed by atoms with Crippen LogP contribution in [0.5, 0.6) is 0 Å². The molecule has 0 fully saturated rings. The number of carbonyl (C=O) groups excluding carboxylic acids is 1. The molecule has 1 heterocycles. The number of amides is 1. The summed E-state index contributed by atoms with van der Waals surface area (Å²) in [5, 5.41) is 2.89. The summed E-state index contributed by atoms with van der Waals surface area (Å²) in [6.07, 6.45) is 3.91. The van der Waals surface area contributed by atoms with Gasteiger partial charge in [0.2, 0.25) is 0 Å². The van der Waals surface area contributed by atoms with Crippen molar-refractivity contribution < 1.29 is 4.79 Å². The minimum Gasteiger partial charge on any atom is -0.360 e. The summed E-state index contributed by atoms with van der Waals surface area (Å²) in [4.78, 5) is 18.7. The van der Waals surface area contributed by atoms with E-state index in [-0.39, 0.29) is 5.91 Å². The summed E-state index contributed by atoms with van der Waals surface area (Å²) < 4.78 is 0.931. The predicted molar refractivity (Wildman–Crippen MR) is 94.5 cm³/mol. The monoisotopic (exact) mass is 361 g/mol. The fraction of sp³-hybridized carbons (Fsp3) is 0.294. The van der Waals surface area contributed by atoms with Crippen LogP contribution in [0, 0.1) is 0 Å². The van der Waals surface area contributed by atoms with Crippen LogP contribution in [0.1, 0.15) is 30.1 Å². The molecule has 5 heteroatoms. The minimum atomic E-state index is -0.134. The zero-order valence-electron chi connectivity index (χ0n) is 12.8. The zero-order valence-corrected chi connectivity index (χ0v) is 14.4. The van der Waals surface area contributed by atoms with Crippen LogP contribution in [0.2, 0.25) is 0 Å². The van der Waals surface area contributed by atoms with Gasteiger partial charge in [0.25, 0.3) is 5.91 Å². The molecular formula is C17H20BrN3O. The fourth-order valence-corrected chi connectivity index (χ4v) is 2.45. The standard InChI is InChI=1S/C17H20BrN3O/c1-3-4-10-21(2)16-11-13(8-9-19-16)17(22)20-15-7-5-6-14(18)12-15/h5-9,11-12H,3-4,10H2,1-2H3,(H,20,22). The van der Waals surface area contributed by atoms with Crippen LogP contribution >= 0.6 is 15.9 Å². The minimum absolute atomic E-state index is 0.134. The van der Waals surface area contributed by atoms with Crippen LogP contribution in [0.3, 0.4) is 0 Å². The first-order chi connectivity index (χ1) is 10.6. The van der Waals surface area contributed by atoms with Crippen LogP contribution in [0.25, 0.3) is 0 Å². The number of anilines is 2. The van der Waals surface area contributed by atoms with Crippen molar-refractivity contribution in [2.24, 2.45) is 0 Å². The number of hydrogen-bond donors (Lipinski definition) is 1. The molecule has 0 radical (unpaired) electrons. The maximum Gasteiger partial charge on any atom is 0.255 e. The van der Waals surface area contributed by atoms with Gasteiger partial charge in [0.15, 0.2) is 0 Å². The average Bonchev–Trinajstić information content (AvgIpc) is 2.52. The van der Waals surface area contributed by atoms with Crippen LogP contribution in [0.4, 0.5) is 11.5 Å². The van der Waals surface area contributed by atoms with Gasteiger partial charge in [-0.3, -0.25) is 4.79 Å². The lowest BCUT2D eigenvalue weighted by Gasteiger charge is -2.18. The lowest BCUT2D eigenvalue weighted by molar-refractivity contribution is 0.102. The second-order valence-corrected chi connectivity index (χ2v) is 6.06. The highest BCUT2D eigenvalue weighted by atomic mass is 79.9. The quantitative estimate of drug-likeness (QED) is 0.832. The summed E-state index contributed by atoms with van der Waals surface area (Å²) >= 11 is 3.40. The topological polar surface area (TPSA) is 45.2 Å². The van der Waals surface area contributed by atoms with Crippen LogP contribution in [-0.2, 0) is 0 Å². The Bertz CT molecular complexity index is 645. The number of pyridine rings is 1. The number of carbonyl (C=O) groups is 1. The second kappa shape index (κ2) is 7.94. The highest BCUT2D eigenvalue weighted by molar-refractivity contribution is 9.10. The molecule has 1 N–H and O–H groups in total. The first kappa shape index (κ1) is 16.5. The van der Waals surface area contributed by atoms with E-state index in [1.54, 1.807) is 12.3 Å². The number of nitrogens with one attached hydrogen (secondary N) is 1. The SMILES string of the molecule is CCCCN(C)c1cc(C(=O)Nc2cccc(Br)c2)ccn1. The molecule has 2 aromatic rings. The van der Waals surface area contributed by atoms with Crippen LogP contribution in [0.15, 0.2) is 47.1 Å². The summed E-state index contributed by atoms with van der Waals surface area (Å²) in [5.41, 5.74) is 1.37. The summed E-state index contributed by atoms with van der Waals surface area (Å²) in [5.74, 6) is 0.681. The molecule has 116 valence electrons. The number of benzene rings is 1. The van der Waals surface area contributed by atoms with Crippen molar-refractivity contribution in [2.75, 3.05) is 23.8 Å². The maximum atomic E-state index is 12.3. The number of hydrogen-bond acceptors (Lipinski definition) is 3. The lowest BCUT2D eigenvalue weighted by atomic mass is 10.2. The first-order valence-corrected chi connectivity index (χ1v) is 8.13. The molecule has 0 aliphatic heterocycles. The van der Waals surface area contributed by atoms with E-state index in [0.29, 0.717) is 5.56 Å². The van der Waals surface area contributed by atoms with Gasteiger partial charge in [-0.1, -0.05) is 35.3 Å². The Balaban J connectivity index is 2.10. The van der Waals surface area contributed by atoms with E-state index < -0.39 is 0 Å². The summed E-state index contributed by atoms with van der Waals surface area (Å²) in [6.45, 7) is 3.09. The Labute approximate surface area is 139 Å². The molecule has 0 aliphatic rings. The number of aromatic nitrogens is 1. The average molecular weight is 362 g/mol. The van der Waals surface area contributed by atoms with E-state index in [0.717, 1.165) is 35.4 Å². The Morgan fingerprint density at radius 2 is 2.14 bits per heavy atom. The van der Waals surface area contributed by atoms with Gasteiger partial charge in [0.1, 0.15) is 5.82 Å². The zero-order chi connectivity index (χ0) is 15.9. The van der Waals surface area contributed by atoms with E-state index in [1.165, 1.54) is 0 Å². The molecule has 4 nitrogen and oxygen atoms in total. The van der Waals surface area contributed by atoms with E-state index in [4.69, 9.17) is 0 Å². The van der Waals surface area contributed by atoms with Gasteiger partial charge >= 0.3 is 0 Å². The largest absolute Gasteiger partial charge is 0.360 e. The molecule has 0 bridgehead atoms. The first-order valence-electron chi connectivity index (χ1n) is 7.34. The number of nitrogens with zero attached hydrogens (tertiary/aromatic N) is 2. The van der Waals surface area contributed by atoms with Crippen molar-refractivity contribution >= 4 is 33.3 Å². The van der Waals surface area contributed by atoms with Crippen molar-refractivity contribution in [3.8, 4) is 0 Å². The Morgan fingerprint density at radius 3 is 2.86 bits per heavy atom. The van der Waals surface area contributed by atoms with Gasteiger partial charge in [-0.15, -0.1) is 0 Å². The van der Waals surface area contributed by atoms with Crippen molar-refractivity contribution in [3.63, 3.8) is 0 Å². The molecule has 1 amide bonds. The molecule has 2 rings (SSSR count). The number of rotatable bonds is 6. The third kappa shape index (κ3) is 4.56. The van der Waals surface area contributed by atoms with Crippen molar-refractivity contribution in [1.29, 1.82) is 0 Å². The van der Waals surface area contributed by atoms with E-state index in [9.17, 15) is 4.79 Å². The molecule has 1 aromatic heterocycles. The molecule has 1 aromatic carbocycles. The highest BCUT2D eigenvalue weighted by Crippen LogP contribution is 2.17. The predicted octanol–water partition coefficient (Wildman–Crippen LogP) is 4.33. The molecule has 22 heavy (non-hydrogen) atoms. The van der Waals surface area contributed by atoms with Gasteiger partial charge in [-0.05, 0) is 36.8 Å². The summed E-state index contributed by atoms with van der Waals surface area (Å²) in [7, 11) is 1.99. The number of halogens is 1. The Hall–Kier alpha value is -1.88. The van der Waals surface area contributed by atoms with Gasteiger partial charge in [0, 0.05) is 35.5 Å². The molecule has 0 unspecified atom stereocenters. The van der Waals surface area contributed by atoms with E-state index in [1.807, 2.05) is 37.4 Å². The molecule has 0 saturated heterocycles. The van der Waals surface area contributed by atoms with Crippen molar-refractivity contribution in [3.05, 3.63) is 52.6 Å². The molecule has 0 saturated carbocycles. The molecule has 0 aliphatic carbocycles. The van der Waals surface area contributed by atoms with Crippen molar-refractivity contribution in [2.45, 2.75) is 19.8 Å². The molecule has 0 atom stereocenters. The van der Waals surface area contributed by atoms with E-state index in [2.05, 4.69) is 38.1 Å². The molecule has 0 spiro atoms. The van der Waals surface area contributed by atoms with Crippen LogP contribution in [-0.4, -0.2) is 24.5 Å². The second-order valence-electron chi connectivity index (χ2n) is 5.14. The fourth-order valence-electron chi connectivity index (χ4n) is 2.05. The smallest absolute Gasteiger partial charge is 0.255 e. The lowest BCUT2D eigenvalue weighted by Crippen LogP contribution is -2.20. The van der Waals surface area contributed by atoms with Crippen molar-refractivity contribution in [1.82, 2.24) is 4.98 Å². The normalized spacial score (nSPS) is 10.3. The number of unbranched alkanes of at least 4 members (excludes halogenated alkanes) is 1. The van der Waals surface area contributed by atoms with Gasteiger partial charge in [-0.25, -0.2) is 4.98 Å². The van der Waals surface area contributed by atoms with E-state index >= 15 is 0 Å². The van der Waals surface area contributed by atoms with Gasteiger partial charge in [0.05, 0.1) is 0 Å². The highest BCUT2D eigenvalue weighted by Gasteiger charge is 2.09. The summed E-state index contributed by atoms with van der Waals surface area (Å²) in [6, 6.07) is 11.1.